The Kier molecular flexibility index (Phi) is 2.70. The minimum atomic E-state index is -3.49. The van der Waals surface area contributed by atoms with E-state index >= 15 is 0 Å². The number of benzene rings is 1. The van der Waals surface area contributed by atoms with Crippen LogP contribution in [-0.2, 0) is 14.8 Å². The molecule has 0 spiro atoms. The van der Waals surface area contributed by atoms with Crippen molar-refractivity contribution in [2.75, 3.05) is 0 Å². The molecule has 0 unspecified atom stereocenters. The molecular formula is C9H8ClNO2S2. The number of aromatic nitrogens is 1. The van der Waals surface area contributed by atoms with Crippen LogP contribution in [0, 0.1) is 6.92 Å². The van der Waals surface area contributed by atoms with Gasteiger partial charge in [0.05, 0.1) is 21.0 Å². The van der Waals surface area contributed by atoms with Gasteiger partial charge in [-0.25, -0.2) is 13.4 Å². The molecule has 0 radical (unpaired) electrons. The Balaban J connectivity index is 2.47. The van der Waals surface area contributed by atoms with Crippen molar-refractivity contribution in [1.82, 2.24) is 4.98 Å². The monoisotopic (exact) mass is 261 g/mol. The molecule has 15 heavy (non-hydrogen) atoms. The lowest BCUT2D eigenvalue weighted by atomic mass is 10.2. The van der Waals surface area contributed by atoms with Gasteiger partial charge in [-0.2, -0.15) is 0 Å². The first-order valence-corrected chi connectivity index (χ1v) is 7.52. The lowest BCUT2D eigenvalue weighted by Crippen LogP contribution is -1.94. The fraction of sp³-hybridized carbons (Fsp3) is 0.222. The second-order valence-electron chi connectivity index (χ2n) is 3.22. The Morgan fingerprint density at radius 1 is 1.47 bits per heavy atom. The minimum Gasteiger partial charge on any atom is -0.242 e. The molecule has 0 saturated carbocycles. The number of nitrogens with zero attached hydrogens (tertiary/aromatic N) is 1. The molecule has 0 amide bonds. The van der Waals surface area contributed by atoms with Crippen molar-refractivity contribution < 1.29 is 8.42 Å². The fourth-order valence-electron chi connectivity index (χ4n) is 1.38. The average Bonchev–Trinajstić information content (AvgIpc) is 2.40. The molecule has 0 N–H and O–H groups in total. The van der Waals surface area contributed by atoms with Gasteiger partial charge in [0.1, 0.15) is 0 Å². The number of aryl methyl sites for hydroxylation is 1. The third-order valence-corrected chi connectivity index (χ3v) is 3.86. The van der Waals surface area contributed by atoms with E-state index in [2.05, 4.69) is 4.98 Å². The first-order chi connectivity index (χ1) is 6.94. The third kappa shape index (κ3) is 2.68. The molecule has 1 aromatic carbocycles. The molecule has 2 rings (SSSR count). The standard InChI is InChI=1S/C9H8ClNO2S2/c1-6-11-8-4-7(5-15(10,12)13)2-3-9(8)14-6/h2-4H,5H2,1H3. The van der Waals surface area contributed by atoms with Crippen molar-refractivity contribution in [2.24, 2.45) is 0 Å². The molecule has 1 heterocycles. The van der Waals surface area contributed by atoms with Gasteiger partial charge in [0, 0.05) is 10.7 Å². The van der Waals surface area contributed by atoms with Gasteiger partial charge in [-0.15, -0.1) is 11.3 Å². The lowest BCUT2D eigenvalue weighted by molar-refractivity contribution is 0.609. The summed E-state index contributed by atoms with van der Waals surface area (Å²) in [6.07, 6.45) is 0. The summed E-state index contributed by atoms with van der Waals surface area (Å²) in [6, 6.07) is 5.40. The molecule has 80 valence electrons. The molecule has 0 atom stereocenters. The predicted octanol–water partition coefficient (Wildman–Crippen LogP) is 2.67. The molecule has 3 nitrogen and oxygen atoms in total. The van der Waals surface area contributed by atoms with Crippen LogP contribution < -0.4 is 0 Å². The zero-order valence-corrected chi connectivity index (χ0v) is 10.3. The van der Waals surface area contributed by atoms with E-state index in [4.69, 9.17) is 10.7 Å². The Morgan fingerprint density at radius 2 is 2.20 bits per heavy atom. The summed E-state index contributed by atoms with van der Waals surface area (Å²) >= 11 is 1.59. The molecule has 0 aliphatic rings. The molecule has 6 heteroatoms. The van der Waals surface area contributed by atoms with E-state index in [0.717, 1.165) is 15.2 Å². The Labute approximate surface area is 96.1 Å². The second kappa shape index (κ2) is 3.73. The van der Waals surface area contributed by atoms with Gasteiger partial charge in [0.25, 0.3) is 0 Å². The summed E-state index contributed by atoms with van der Waals surface area (Å²) in [4.78, 5) is 4.28. The number of thiazole rings is 1. The van der Waals surface area contributed by atoms with Crippen molar-refractivity contribution in [3.8, 4) is 0 Å². The summed E-state index contributed by atoms with van der Waals surface area (Å²) in [6.45, 7) is 1.92. The van der Waals surface area contributed by atoms with Gasteiger partial charge in [-0.3, -0.25) is 0 Å². The number of fused-ring (bicyclic) bond motifs is 1. The number of hydrogen-bond donors (Lipinski definition) is 0. The van der Waals surface area contributed by atoms with Gasteiger partial charge in [-0.1, -0.05) is 6.07 Å². The molecular weight excluding hydrogens is 254 g/mol. The molecule has 0 saturated heterocycles. The highest BCUT2D eigenvalue weighted by Gasteiger charge is 2.08. The van der Waals surface area contributed by atoms with Gasteiger partial charge in [-0.05, 0) is 24.6 Å². The van der Waals surface area contributed by atoms with Crippen molar-refractivity contribution >= 4 is 41.3 Å². The first kappa shape index (κ1) is 10.9. The average molecular weight is 262 g/mol. The highest BCUT2D eigenvalue weighted by molar-refractivity contribution is 8.13. The van der Waals surface area contributed by atoms with Crippen LogP contribution in [0.1, 0.15) is 10.6 Å². The van der Waals surface area contributed by atoms with E-state index < -0.39 is 9.05 Å². The highest BCUT2D eigenvalue weighted by Crippen LogP contribution is 2.23. The lowest BCUT2D eigenvalue weighted by Gasteiger charge is -1.96. The van der Waals surface area contributed by atoms with E-state index in [9.17, 15) is 8.42 Å². The quantitative estimate of drug-likeness (QED) is 0.781. The Bertz CT molecular complexity index is 604. The van der Waals surface area contributed by atoms with E-state index in [1.54, 1.807) is 23.5 Å². The van der Waals surface area contributed by atoms with Crippen LogP contribution in [0.25, 0.3) is 10.2 Å². The smallest absolute Gasteiger partial charge is 0.236 e. The summed E-state index contributed by atoms with van der Waals surface area (Å²) in [5.41, 5.74) is 1.50. The van der Waals surface area contributed by atoms with E-state index in [1.165, 1.54) is 0 Å². The van der Waals surface area contributed by atoms with Crippen molar-refractivity contribution in [3.05, 3.63) is 28.8 Å². The van der Waals surface area contributed by atoms with Crippen LogP contribution in [-0.4, -0.2) is 13.4 Å². The maximum absolute atomic E-state index is 10.9. The van der Waals surface area contributed by atoms with E-state index in [-0.39, 0.29) is 5.75 Å². The third-order valence-electron chi connectivity index (χ3n) is 1.90. The Morgan fingerprint density at radius 3 is 2.87 bits per heavy atom. The van der Waals surface area contributed by atoms with Crippen LogP contribution >= 0.6 is 22.0 Å². The zero-order valence-electron chi connectivity index (χ0n) is 7.90. The molecule has 0 aliphatic heterocycles. The highest BCUT2D eigenvalue weighted by atomic mass is 35.7. The van der Waals surface area contributed by atoms with Crippen molar-refractivity contribution in [3.63, 3.8) is 0 Å². The summed E-state index contributed by atoms with van der Waals surface area (Å²) < 4.78 is 22.8. The fourth-order valence-corrected chi connectivity index (χ4v) is 3.14. The first-order valence-electron chi connectivity index (χ1n) is 4.22. The SMILES string of the molecule is Cc1nc2cc(CS(=O)(=O)Cl)ccc2s1. The zero-order chi connectivity index (χ0) is 11.1. The number of rotatable bonds is 2. The number of halogens is 1. The molecule has 0 fully saturated rings. The predicted molar refractivity (Wildman–Crippen MR) is 62.8 cm³/mol. The van der Waals surface area contributed by atoms with Crippen molar-refractivity contribution in [1.29, 1.82) is 0 Å². The van der Waals surface area contributed by atoms with Crippen LogP contribution in [0.4, 0.5) is 0 Å². The maximum atomic E-state index is 10.9. The van der Waals surface area contributed by atoms with Crippen LogP contribution in [0.5, 0.6) is 0 Å². The topological polar surface area (TPSA) is 47.0 Å². The maximum Gasteiger partial charge on any atom is 0.236 e. The van der Waals surface area contributed by atoms with Crippen LogP contribution in [0.15, 0.2) is 18.2 Å². The largest absolute Gasteiger partial charge is 0.242 e. The van der Waals surface area contributed by atoms with Gasteiger partial charge >= 0.3 is 0 Å². The summed E-state index contributed by atoms with van der Waals surface area (Å²) in [5, 5.41) is 0.968. The van der Waals surface area contributed by atoms with E-state index in [0.29, 0.717) is 5.56 Å². The number of hydrogen-bond acceptors (Lipinski definition) is 4. The van der Waals surface area contributed by atoms with Crippen molar-refractivity contribution in [2.45, 2.75) is 12.7 Å². The van der Waals surface area contributed by atoms with E-state index in [1.807, 2.05) is 13.0 Å². The normalized spacial score (nSPS) is 12.1. The van der Waals surface area contributed by atoms with Gasteiger partial charge < -0.3 is 0 Å². The molecule has 0 bridgehead atoms. The minimum absolute atomic E-state index is 0.152. The molecule has 1 aromatic heterocycles. The van der Waals surface area contributed by atoms with Crippen LogP contribution in [0.2, 0.25) is 0 Å². The van der Waals surface area contributed by atoms with Gasteiger partial charge in [0.2, 0.25) is 9.05 Å². The van der Waals surface area contributed by atoms with Crippen LogP contribution in [0.3, 0.4) is 0 Å². The second-order valence-corrected chi connectivity index (χ2v) is 7.23. The molecule has 0 aliphatic carbocycles. The summed E-state index contributed by atoms with van der Waals surface area (Å²) in [5.74, 6) is -0.152. The molecule has 2 aromatic rings. The summed E-state index contributed by atoms with van der Waals surface area (Å²) in [7, 11) is 1.69. The van der Waals surface area contributed by atoms with Gasteiger partial charge in [0.15, 0.2) is 0 Å². The Hall–Kier alpha value is -0.650.